The topological polar surface area (TPSA) is 91.2 Å². The zero-order chi connectivity index (χ0) is 20.7. The fraction of sp³-hybridized carbons (Fsp3) is 0.273. The number of nitrogens with zero attached hydrogens (tertiary/aromatic N) is 4. The number of aromatic nitrogens is 4. The van der Waals surface area contributed by atoms with Crippen molar-refractivity contribution in [2.24, 2.45) is 0 Å². The Morgan fingerprint density at radius 3 is 2.60 bits per heavy atom. The van der Waals surface area contributed by atoms with Gasteiger partial charge in [0.1, 0.15) is 12.4 Å². The minimum atomic E-state index is -0.305. The Balaban J connectivity index is 1.55. The van der Waals surface area contributed by atoms with Crippen molar-refractivity contribution in [1.82, 2.24) is 19.7 Å². The van der Waals surface area contributed by atoms with Crippen molar-refractivity contribution in [3.63, 3.8) is 0 Å². The molecule has 8 heteroatoms. The summed E-state index contributed by atoms with van der Waals surface area (Å²) in [6.07, 6.45) is 6.08. The van der Waals surface area contributed by atoms with Crippen LogP contribution >= 0.6 is 0 Å². The normalized spacial score (nSPS) is 20.3. The smallest absolute Gasteiger partial charge is 0.226 e. The van der Waals surface area contributed by atoms with Crippen molar-refractivity contribution in [2.75, 3.05) is 19.5 Å². The molecule has 0 fully saturated rings. The van der Waals surface area contributed by atoms with Gasteiger partial charge in [0.25, 0.3) is 0 Å². The van der Waals surface area contributed by atoms with Crippen LogP contribution in [0.1, 0.15) is 35.9 Å². The van der Waals surface area contributed by atoms with E-state index < -0.39 is 0 Å². The van der Waals surface area contributed by atoms with Crippen LogP contribution < -0.4 is 14.8 Å². The number of ether oxygens (including phenoxy) is 2. The van der Waals surface area contributed by atoms with Gasteiger partial charge < -0.3 is 14.8 Å². The lowest BCUT2D eigenvalue weighted by atomic mass is 9.78. The summed E-state index contributed by atoms with van der Waals surface area (Å²) >= 11 is 0. The summed E-state index contributed by atoms with van der Waals surface area (Å²) in [6, 6.07) is 9.36. The molecule has 1 N–H and O–H groups in total. The van der Waals surface area contributed by atoms with Crippen LogP contribution in [0.25, 0.3) is 0 Å². The first-order chi connectivity index (χ1) is 14.7. The molecule has 0 amide bonds. The quantitative estimate of drug-likeness (QED) is 0.716. The Bertz CT molecular complexity index is 1140. The minimum absolute atomic E-state index is 0.0381. The molecule has 30 heavy (non-hydrogen) atoms. The lowest BCUT2D eigenvalue weighted by molar-refractivity contribution is -0.116. The second-order valence-corrected chi connectivity index (χ2v) is 7.37. The van der Waals surface area contributed by atoms with Crippen molar-refractivity contribution in [2.45, 2.75) is 24.8 Å². The van der Waals surface area contributed by atoms with Gasteiger partial charge in [-0.3, -0.25) is 9.78 Å². The maximum Gasteiger partial charge on any atom is 0.226 e. The van der Waals surface area contributed by atoms with Crippen molar-refractivity contribution < 1.29 is 14.3 Å². The second-order valence-electron chi connectivity index (χ2n) is 7.37. The number of fused-ring (bicyclic) bond motifs is 1. The Morgan fingerprint density at radius 1 is 1.03 bits per heavy atom. The number of ketones is 1. The number of allylic oxidation sites excluding steroid dienone is 2. The summed E-state index contributed by atoms with van der Waals surface area (Å²) in [4.78, 5) is 21.8. The molecule has 8 nitrogen and oxygen atoms in total. The van der Waals surface area contributed by atoms with E-state index in [4.69, 9.17) is 9.47 Å². The molecule has 1 aromatic carbocycles. The molecule has 1 aliphatic heterocycles. The molecule has 2 atom stereocenters. The number of hydrogen-bond acceptors (Lipinski definition) is 7. The predicted molar refractivity (Wildman–Crippen MR) is 110 cm³/mol. The monoisotopic (exact) mass is 403 g/mol. The number of pyridine rings is 1. The van der Waals surface area contributed by atoms with Crippen molar-refractivity contribution >= 4 is 11.7 Å². The highest BCUT2D eigenvalue weighted by atomic mass is 16.5. The van der Waals surface area contributed by atoms with Crippen molar-refractivity contribution in [1.29, 1.82) is 0 Å². The molecule has 0 unspecified atom stereocenters. The Hall–Kier alpha value is -3.68. The van der Waals surface area contributed by atoms with Crippen LogP contribution in [0.4, 0.5) is 5.95 Å². The number of methoxy groups -OCH3 is 2. The molecule has 0 spiro atoms. The van der Waals surface area contributed by atoms with Gasteiger partial charge in [-0.2, -0.15) is 10.1 Å². The largest absolute Gasteiger partial charge is 0.493 e. The molecule has 3 aromatic rings. The lowest BCUT2D eigenvalue weighted by Gasteiger charge is -2.35. The number of hydrogen-bond donors (Lipinski definition) is 1. The lowest BCUT2D eigenvalue weighted by Crippen LogP contribution is -2.33. The van der Waals surface area contributed by atoms with E-state index in [0.29, 0.717) is 30.3 Å². The number of nitrogens with one attached hydrogen (secondary N) is 1. The summed E-state index contributed by atoms with van der Waals surface area (Å²) in [5.74, 6) is 2.11. The zero-order valence-corrected chi connectivity index (χ0v) is 16.7. The number of anilines is 1. The zero-order valence-electron chi connectivity index (χ0n) is 16.7. The van der Waals surface area contributed by atoms with Gasteiger partial charge in [0.15, 0.2) is 17.3 Å². The van der Waals surface area contributed by atoms with Gasteiger partial charge in [0, 0.05) is 30.1 Å². The molecule has 0 radical (unpaired) electrons. The van der Waals surface area contributed by atoms with E-state index in [2.05, 4.69) is 20.4 Å². The van der Waals surface area contributed by atoms with Crippen LogP contribution in [0.2, 0.25) is 0 Å². The maximum atomic E-state index is 13.4. The Kier molecular flexibility index (Phi) is 4.46. The third-order valence-electron chi connectivity index (χ3n) is 5.76. The van der Waals surface area contributed by atoms with E-state index >= 15 is 0 Å². The molecule has 2 aliphatic rings. The molecule has 152 valence electrons. The van der Waals surface area contributed by atoms with Crippen LogP contribution in [-0.2, 0) is 4.79 Å². The van der Waals surface area contributed by atoms with Crippen LogP contribution in [0.3, 0.4) is 0 Å². The van der Waals surface area contributed by atoms with Crippen LogP contribution in [0, 0.1) is 0 Å². The van der Waals surface area contributed by atoms with Gasteiger partial charge in [0.2, 0.25) is 5.95 Å². The van der Waals surface area contributed by atoms with E-state index in [0.717, 1.165) is 22.4 Å². The SMILES string of the molecule is COc1ccc([C@H]2CC(=O)C3=C(C2)Nc2ncnn2[C@@H]3c2ccncc2)cc1OC. The molecule has 0 saturated heterocycles. The highest BCUT2D eigenvalue weighted by Gasteiger charge is 2.39. The number of benzene rings is 1. The molecule has 3 heterocycles. The van der Waals surface area contributed by atoms with Gasteiger partial charge in [-0.25, -0.2) is 4.68 Å². The van der Waals surface area contributed by atoms with Gasteiger partial charge in [-0.1, -0.05) is 6.07 Å². The summed E-state index contributed by atoms with van der Waals surface area (Å²) in [5.41, 5.74) is 3.65. The van der Waals surface area contributed by atoms with Crippen LogP contribution in [-0.4, -0.2) is 39.8 Å². The summed E-state index contributed by atoms with van der Waals surface area (Å²) in [7, 11) is 3.23. The third kappa shape index (κ3) is 2.92. The molecular formula is C22H21N5O3. The van der Waals surface area contributed by atoms with E-state index in [1.807, 2.05) is 30.3 Å². The highest BCUT2D eigenvalue weighted by Crippen LogP contribution is 2.44. The van der Waals surface area contributed by atoms with Crippen molar-refractivity contribution in [3.8, 4) is 11.5 Å². The summed E-state index contributed by atoms with van der Waals surface area (Å²) < 4.78 is 12.6. The maximum absolute atomic E-state index is 13.4. The average Bonchev–Trinajstić information content (AvgIpc) is 3.25. The standard InChI is InChI=1S/C22H21N5O3/c1-29-18-4-3-14(11-19(18)30-2)15-9-16-20(17(28)10-15)21(13-5-7-23-8-6-13)27-22(26-16)24-12-25-27/h3-8,11-12,15,21H,9-10H2,1-2H3,(H,24,25,26)/t15-,21-/m1/s1. The van der Waals surface area contributed by atoms with E-state index in [1.54, 1.807) is 31.3 Å². The second kappa shape index (κ2) is 7.29. The van der Waals surface area contributed by atoms with Crippen LogP contribution in [0.15, 0.2) is 60.3 Å². The first-order valence-electron chi connectivity index (χ1n) is 9.74. The molecule has 5 rings (SSSR count). The third-order valence-corrected chi connectivity index (χ3v) is 5.76. The van der Waals surface area contributed by atoms with E-state index in [1.165, 1.54) is 6.33 Å². The number of carbonyl (C=O) groups is 1. The predicted octanol–water partition coefficient (Wildman–Crippen LogP) is 3.11. The number of carbonyl (C=O) groups excluding carboxylic acids is 1. The molecule has 1 aliphatic carbocycles. The Labute approximate surface area is 173 Å². The van der Waals surface area contributed by atoms with Gasteiger partial charge in [0.05, 0.1) is 14.2 Å². The molecule has 0 saturated carbocycles. The summed E-state index contributed by atoms with van der Waals surface area (Å²) in [6.45, 7) is 0. The fourth-order valence-corrected chi connectivity index (χ4v) is 4.35. The first-order valence-corrected chi connectivity index (χ1v) is 9.74. The first kappa shape index (κ1) is 18.4. The van der Waals surface area contributed by atoms with Gasteiger partial charge in [-0.15, -0.1) is 0 Å². The number of Topliss-reactive ketones (excluding diaryl/α,β-unsaturated/α-hetero) is 1. The molecule has 0 bridgehead atoms. The van der Waals surface area contributed by atoms with Gasteiger partial charge in [-0.05, 0) is 47.7 Å². The van der Waals surface area contributed by atoms with Crippen LogP contribution in [0.5, 0.6) is 11.5 Å². The number of rotatable bonds is 4. The Morgan fingerprint density at radius 2 is 1.83 bits per heavy atom. The fourth-order valence-electron chi connectivity index (χ4n) is 4.35. The molecular weight excluding hydrogens is 382 g/mol. The highest BCUT2D eigenvalue weighted by molar-refractivity contribution is 6.00. The van der Waals surface area contributed by atoms with Crippen molar-refractivity contribution in [3.05, 3.63) is 71.4 Å². The average molecular weight is 403 g/mol. The van der Waals surface area contributed by atoms with E-state index in [9.17, 15) is 4.79 Å². The van der Waals surface area contributed by atoms with Gasteiger partial charge >= 0.3 is 0 Å². The summed E-state index contributed by atoms with van der Waals surface area (Å²) in [5, 5.41) is 7.70. The van der Waals surface area contributed by atoms with E-state index in [-0.39, 0.29) is 17.7 Å². The minimum Gasteiger partial charge on any atom is -0.493 e. The molecule has 2 aromatic heterocycles.